The van der Waals surface area contributed by atoms with E-state index in [-0.39, 0.29) is 5.69 Å². The van der Waals surface area contributed by atoms with E-state index >= 15 is 0 Å². The summed E-state index contributed by atoms with van der Waals surface area (Å²) in [5.74, 6) is 0.610. The van der Waals surface area contributed by atoms with Gasteiger partial charge in [-0.25, -0.2) is 0 Å². The molecule has 1 aliphatic heterocycles. The summed E-state index contributed by atoms with van der Waals surface area (Å²) in [5.41, 5.74) is 1.16. The number of methoxy groups -OCH3 is 1. The maximum atomic E-state index is 14.1. The Morgan fingerprint density at radius 2 is 1.91 bits per heavy atom. The number of halogens is 4. The average Bonchev–Trinajstić information content (AvgIpc) is 3.48. The molecule has 5 rings (SSSR count). The van der Waals surface area contributed by atoms with Crippen LogP contribution < -0.4 is 15.2 Å². The zero-order chi connectivity index (χ0) is 24.9. The van der Waals surface area contributed by atoms with Crippen LogP contribution in [0.3, 0.4) is 0 Å². The van der Waals surface area contributed by atoms with Gasteiger partial charge in [-0.15, -0.1) is 0 Å². The number of hydrogen-bond donors (Lipinski definition) is 1. The molecular weight excluding hydrogens is 527 g/mol. The first-order chi connectivity index (χ1) is 16.7. The van der Waals surface area contributed by atoms with Crippen LogP contribution in [0.2, 0.25) is 0 Å². The fraction of sp³-hybridized carbons (Fsp3) is 0.360. The van der Waals surface area contributed by atoms with Gasteiger partial charge in [0.05, 0.1) is 34.6 Å². The zero-order valence-corrected chi connectivity index (χ0v) is 20.5. The number of aliphatic hydroxyl groups excluding tert-OH is 1. The minimum Gasteiger partial charge on any atom is -0.496 e. The van der Waals surface area contributed by atoms with Crippen LogP contribution in [0.15, 0.2) is 45.7 Å². The van der Waals surface area contributed by atoms with Crippen molar-refractivity contribution in [2.45, 2.75) is 38.0 Å². The highest BCUT2D eigenvalue weighted by molar-refractivity contribution is 9.10. The zero-order valence-electron chi connectivity index (χ0n) is 18.9. The van der Waals surface area contributed by atoms with Gasteiger partial charge in [0.1, 0.15) is 5.75 Å². The molecule has 35 heavy (non-hydrogen) atoms. The molecule has 0 bridgehead atoms. The summed E-state index contributed by atoms with van der Waals surface area (Å²) in [6, 6.07) is 9.04. The van der Waals surface area contributed by atoms with Crippen LogP contribution in [0.25, 0.3) is 16.9 Å². The third-order valence-corrected chi connectivity index (χ3v) is 7.24. The molecule has 1 atom stereocenters. The molecule has 1 aliphatic carbocycles. The predicted octanol–water partition coefficient (Wildman–Crippen LogP) is 4.75. The Balaban J connectivity index is 1.73. The van der Waals surface area contributed by atoms with Crippen molar-refractivity contribution in [3.63, 3.8) is 0 Å². The lowest BCUT2D eigenvalue weighted by Crippen LogP contribution is -2.29. The fourth-order valence-corrected chi connectivity index (χ4v) is 5.43. The number of hydrogen-bond acceptors (Lipinski definition) is 5. The Bertz CT molecular complexity index is 1360. The highest BCUT2D eigenvalue weighted by Gasteiger charge is 2.36. The Hall–Kier alpha value is -2.85. The summed E-state index contributed by atoms with van der Waals surface area (Å²) in [6.45, 7) is 0.839. The lowest BCUT2D eigenvalue weighted by molar-refractivity contribution is -0.137. The molecule has 3 aromatic rings. The van der Waals surface area contributed by atoms with Gasteiger partial charge in [-0.05, 0) is 83.6 Å². The first-order valence-electron chi connectivity index (χ1n) is 11.3. The van der Waals surface area contributed by atoms with Crippen molar-refractivity contribution in [2.75, 3.05) is 25.1 Å². The van der Waals surface area contributed by atoms with Crippen molar-refractivity contribution in [2.24, 2.45) is 0 Å². The molecule has 0 saturated carbocycles. The van der Waals surface area contributed by atoms with Gasteiger partial charge in [-0.3, -0.25) is 4.79 Å². The van der Waals surface area contributed by atoms with Crippen molar-refractivity contribution in [3.05, 3.63) is 67.9 Å². The Morgan fingerprint density at radius 1 is 1.14 bits per heavy atom. The SMILES string of the molecule is COc1ccc(-c2nn(-c3cc(N4CC[C@H](O)C4)ccc3C(F)(F)F)c(=O)c3c2CCC3)cc1Br. The quantitative estimate of drug-likeness (QED) is 0.508. The molecule has 184 valence electrons. The molecule has 0 spiro atoms. The molecule has 1 N–H and O–H groups in total. The number of nitrogens with zero attached hydrogens (tertiary/aromatic N) is 3. The molecule has 2 aliphatic rings. The Labute approximate surface area is 208 Å². The van der Waals surface area contributed by atoms with E-state index in [4.69, 9.17) is 4.74 Å². The van der Waals surface area contributed by atoms with Crippen molar-refractivity contribution in [1.29, 1.82) is 0 Å². The summed E-state index contributed by atoms with van der Waals surface area (Å²) in [7, 11) is 1.54. The van der Waals surface area contributed by atoms with E-state index in [1.54, 1.807) is 25.3 Å². The smallest absolute Gasteiger partial charge is 0.418 e. The number of alkyl halides is 3. The Morgan fingerprint density at radius 3 is 2.57 bits per heavy atom. The van der Waals surface area contributed by atoms with E-state index in [0.717, 1.165) is 22.7 Å². The second-order valence-corrected chi connectivity index (χ2v) is 9.67. The van der Waals surface area contributed by atoms with Crippen LogP contribution in [0.5, 0.6) is 5.75 Å². The van der Waals surface area contributed by atoms with Crippen molar-refractivity contribution < 1.29 is 23.0 Å². The lowest BCUT2D eigenvalue weighted by Gasteiger charge is -2.22. The van der Waals surface area contributed by atoms with Crippen molar-refractivity contribution in [3.8, 4) is 22.7 Å². The molecule has 0 unspecified atom stereocenters. The van der Waals surface area contributed by atoms with Crippen LogP contribution in [-0.2, 0) is 19.0 Å². The van der Waals surface area contributed by atoms with E-state index in [1.165, 1.54) is 12.1 Å². The lowest BCUT2D eigenvalue weighted by atomic mass is 10.0. The van der Waals surface area contributed by atoms with Gasteiger partial charge in [0.2, 0.25) is 0 Å². The minimum absolute atomic E-state index is 0.315. The van der Waals surface area contributed by atoms with Crippen LogP contribution in [-0.4, -0.2) is 41.2 Å². The number of ether oxygens (including phenoxy) is 1. The summed E-state index contributed by atoms with van der Waals surface area (Å²) in [4.78, 5) is 15.2. The highest BCUT2D eigenvalue weighted by Crippen LogP contribution is 2.38. The van der Waals surface area contributed by atoms with Crippen LogP contribution in [0.4, 0.5) is 18.9 Å². The molecule has 1 aromatic heterocycles. The number of aromatic nitrogens is 2. The normalized spacial score (nSPS) is 17.7. The number of benzene rings is 2. The van der Waals surface area contributed by atoms with E-state index in [0.29, 0.717) is 65.1 Å². The van der Waals surface area contributed by atoms with Gasteiger partial charge < -0.3 is 14.7 Å². The molecule has 0 amide bonds. The molecule has 10 heteroatoms. The van der Waals surface area contributed by atoms with Gasteiger partial charge in [-0.1, -0.05) is 0 Å². The average molecular weight is 550 g/mol. The molecule has 0 radical (unpaired) electrons. The molecular formula is C25H23BrF3N3O3. The number of rotatable bonds is 4. The minimum atomic E-state index is -4.68. The molecule has 1 saturated heterocycles. The van der Waals surface area contributed by atoms with E-state index < -0.39 is 23.4 Å². The molecule has 2 heterocycles. The Kier molecular flexibility index (Phi) is 6.13. The predicted molar refractivity (Wildman–Crippen MR) is 129 cm³/mol. The number of fused-ring (bicyclic) bond motifs is 1. The van der Waals surface area contributed by atoms with Crippen LogP contribution in [0.1, 0.15) is 29.5 Å². The van der Waals surface area contributed by atoms with Gasteiger partial charge in [0.25, 0.3) is 5.56 Å². The van der Waals surface area contributed by atoms with E-state index in [9.17, 15) is 23.1 Å². The van der Waals surface area contributed by atoms with E-state index in [1.807, 2.05) is 4.90 Å². The van der Waals surface area contributed by atoms with Crippen molar-refractivity contribution in [1.82, 2.24) is 9.78 Å². The maximum Gasteiger partial charge on any atom is 0.418 e. The van der Waals surface area contributed by atoms with Gasteiger partial charge in [-0.2, -0.15) is 23.0 Å². The number of β-amino-alcohol motifs (C(OH)–C–C–N with tert-alkyl or cyclic N) is 1. The summed E-state index contributed by atoms with van der Waals surface area (Å²) in [5, 5.41) is 14.4. The largest absolute Gasteiger partial charge is 0.496 e. The highest BCUT2D eigenvalue weighted by atomic mass is 79.9. The van der Waals surface area contributed by atoms with E-state index in [2.05, 4.69) is 21.0 Å². The number of anilines is 1. The molecule has 2 aromatic carbocycles. The summed E-state index contributed by atoms with van der Waals surface area (Å²) in [6.07, 6.45) is -2.83. The third kappa shape index (κ3) is 4.33. The standard InChI is InChI=1S/C25H23BrF3N3O3/c1-35-22-8-5-14(11-20(22)26)23-17-3-2-4-18(17)24(34)32(30-23)21-12-15(31-10-9-16(33)13-31)6-7-19(21)25(27,28)29/h5-8,11-12,16,33H,2-4,9-10,13H2,1H3/t16-/m0/s1. The van der Waals surface area contributed by atoms with Gasteiger partial charge in [0, 0.05) is 29.9 Å². The van der Waals surface area contributed by atoms with Gasteiger partial charge in [0.15, 0.2) is 0 Å². The summed E-state index contributed by atoms with van der Waals surface area (Å²) < 4.78 is 49.0. The second-order valence-electron chi connectivity index (χ2n) is 8.81. The monoisotopic (exact) mass is 549 g/mol. The second kappa shape index (κ2) is 8.98. The topological polar surface area (TPSA) is 67.6 Å². The van der Waals surface area contributed by atoms with Crippen molar-refractivity contribution >= 4 is 21.6 Å². The fourth-order valence-electron chi connectivity index (χ4n) is 4.89. The third-order valence-electron chi connectivity index (χ3n) is 6.62. The van der Waals surface area contributed by atoms with Crippen LogP contribution >= 0.6 is 15.9 Å². The first-order valence-corrected chi connectivity index (χ1v) is 12.1. The number of aliphatic hydroxyl groups is 1. The molecule has 6 nitrogen and oxygen atoms in total. The first kappa shape index (κ1) is 23.9. The molecule has 1 fully saturated rings. The van der Waals surface area contributed by atoms with Gasteiger partial charge >= 0.3 is 6.18 Å². The maximum absolute atomic E-state index is 14.1. The van der Waals surface area contributed by atoms with Crippen LogP contribution in [0, 0.1) is 0 Å². The summed E-state index contributed by atoms with van der Waals surface area (Å²) >= 11 is 3.46.